The number of aromatic carboxylic acids is 1. The lowest BCUT2D eigenvalue weighted by Crippen LogP contribution is -2.21. The molecule has 0 saturated heterocycles. The fourth-order valence-electron chi connectivity index (χ4n) is 2.75. The van der Waals surface area contributed by atoms with Crippen LogP contribution in [-0.4, -0.2) is 37.2 Å². The number of carbonyl (C=O) groups is 1. The maximum atomic E-state index is 13.6. The minimum absolute atomic E-state index is 0.158. The number of hydrogen-bond donors (Lipinski definition) is 2. The van der Waals surface area contributed by atoms with E-state index < -0.39 is 47.4 Å². The van der Waals surface area contributed by atoms with Crippen LogP contribution in [0.15, 0.2) is 35.0 Å². The lowest BCUT2D eigenvalue weighted by atomic mass is 10.0. The molecule has 0 aliphatic heterocycles. The molecule has 0 aliphatic carbocycles. The molecule has 1 unspecified atom stereocenters. The van der Waals surface area contributed by atoms with Crippen molar-refractivity contribution in [2.75, 3.05) is 0 Å². The normalized spacial score (nSPS) is 12.9. The molecule has 0 fully saturated rings. The quantitative estimate of drug-likeness (QED) is 0.654. The smallest absolute Gasteiger partial charge is 0.433 e. The second-order valence-electron chi connectivity index (χ2n) is 5.96. The maximum absolute atomic E-state index is 13.6. The van der Waals surface area contributed by atoms with Crippen molar-refractivity contribution in [3.63, 3.8) is 0 Å². The van der Waals surface area contributed by atoms with Crippen molar-refractivity contribution in [3.05, 3.63) is 46.7 Å². The van der Waals surface area contributed by atoms with E-state index in [-0.39, 0.29) is 16.3 Å². The monoisotopic (exact) mass is 415 g/mol. The predicted molar refractivity (Wildman–Crippen MR) is 91.8 cm³/mol. The summed E-state index contributed by atoms with van der Waals surface area (Å²) in [5, 5.41) is 26.5. The molecule has 11 heteroatoms. The van der Waals surface area contributed by atoms with Crippen LogP contribution in [-0.2, 0) is 12.7 Å². The second kappa shape index (κ2) is 7.28. The first-order valence-electron chi connectivity index (χ1n) is 7.90. The number of hydrogen-bond acceptors (Lipinski definition) is 5. The third-order valence-electron chi connectivity index (χ3n) is 3.82. The van der Waals surface area contributed by atoms with E-state index in [9.17, 15) is 28.2 Å². The first-order chi connectivity index (χ1) is 13.1. The number of alkyl halides is 3. The third-order valence-corrected chi connectivity index (χ3v) is 4.15. The van der Waals surface area contributed by atoms with Crippen LogP contribution in [0.25, 0.3) is 22.6 Å². The molecule has 2 N–H and O–H groups in total. The summed E-state index contributed by atoms with van der Waals surface area (Å²) in [6.45, 7) is 0.858. The fourth-order valence-corrected chi connectivity index (χ4v) is 2.97. The van der Waals surface area contributed by atoms with Crippen molar-refractivity contribution in [2.45, 2.75) is 25.7 Å². The number of carboxylic acids is 1. The number of halogens is 4. The van der Waals surface area contributed by atoms with Crippen LogP contribution in [0.5, 0.6) is 0 Å². The summed E-state index contributed by atoms with van der Waals surface area (Å²) in [7, 11) is 0. The largest absolute Gasteiger partial charge is 0.477 e. The zero-order valence-electron chi connectivity index (χ0n) is 14.2. The molecule has 0 saturated carbocycles. The van der Waals surface area contributed by atoms with Crippen molar-refractivity contribution in [2.24, 2.45) is 0 Å². The molecule has 3 rings (SSSR count). The van der Waals surface area contributed by atoms with E-state index in [1.807, 2.05) is 0 Å². The molecule has 2 heterocycles. The minimum Gasteiger partial charge on any atom is -0.477 e. The first-order valence-corrected chi connectivity index (χ1v) is 8.28. The van der Waals surface area contributed by atoms with Gasteiger partial charge >= 0.3 is 12.1 Å². The summed E-state index contributed by atoms with van der Waals surface area (Å²) in [5.74, 6) is -2.14. The van der Waals surface area contributed by atoms with Gasteiger partial charge in [0.25, 0.3) is 0 Å². The molecule has 148 valence electrons. The van der Waals surface area contributed by atoms with E-state index in [2.05, 4.69) is 10.3 Å². The summed E-state index contributed by atoms with van der Waals surface area (Å²) in [6.07, 6.45) is -5.16. The highest BCUT2D eigenvalue weighted by Crippen LogP contribution is 2.41. The fraction of sp³-hybridized carbons (Fsp3) is 0.235. The van der Waals surface area contributed by atoms with Crippen LogP contribution in [0.1, 0.15) is 23.0 Å². The molecule has 2 aromatic heterocycles. The lowest BCUT2D eigenvalue weighted by molar-refractivity contribution is -0.144. The van der Waals surface area contributed by atoms with Gasteiger partial charge in [-0.05, 0) is 13.0 Å². The molecular formula is C17H13ClF3N3O4. The van der Waals surface area contributed by atoms with Gasteiger partial charge in [0, 0.05) is 5.56 Å². The van der Waals surface area contributed by atoms with Gasteiger partial charge in [-0.15, -0.1) is 0 Å². The number of aromatic nitrogens is 3. The van der Waals surface area contributed by atoms with E-state index in [0.717, 1.165) is 6.20 Å². The maximum Gasteiger partial charge on any atom is 0.433 e. The van der Waals surface area contributed by atoms with E-state index in [4.69, 9.17) is 16.1 Å². The van der Waals surface area contributed by atoms with Gasteiger partial charge in [0.15, 0.2) is 11.5 Å². The number of aliphatic hydroxyl groups is 1. The van der Waals surface area contributed by atoms with Gasteiger partial charge in [-0.1, -0.05) is 35.0 Å². The first kappa shape index (κ1) is 19.9. The molecule has 0 bridgehead atoms. The summed E-state index contributed by atoms with van der Waals surface area (Å²) in [5.41, 5.74) is -2.43. The Morgan fingerprint density at radius 3 is 2.57 bits per heavy atom. The molecule has 7 nitrogen and oxygen atoms in total. The molecule has 1 atom stereocenters. The predicted octanol–water partition coefficient (Wildman–Crippen LogP) is 3.96. The highest BCUT2D eigenvalue weighted by atomic mass is 35.5. The van der Waals surface area contributed by atoms with E-state index >= 15 is 0 Å². The standard InChI is InChI=1S/C17H13ClF3N3O4/c1-8(25)7-24-15(17(19,20)21)10(6-22-24)14-12(16(26)27)13(23-28-14)9-4-2-3-5-11(9)18/h2-6,8,25H,7H2,1H3,(H,26,27). The lowest BCUT2D eigenvalue weighted by Gasteiger charge is -2.13. The van der Waals surface area contributed by atoms with Crippen LogP contribution in [0.2, 0.25) is 5.02 Å². The SMILES string of the molecule is CC(O)Cn1ncc(-c2onc(-c3ccccc3Cl)c2C(=O)O)c1C(F)(F)F. The summed E-state index contributed by atoms with van der Waals surface area (Å²) < 4.78 is 46.4. The van der Waals surface area contributed by atoms with Crippen molar-refractivity contribution in [3.8, 4) is 22.6 Å². The summed E-state index contributed by atoms with van der Waals surface area (Å²) in [6, 6.07) is 6.13. The van der Waals surface area contributed by atoms with Crippen LogP contribution in [0, 0.1) is 0 Å². The Bertz CT molecular complexity index is 1030. The molecule has 0 radical (unpaired) electrons. The Morgan fingerprint density at radius 2 is 2.00 bits per heavy atom. The summed E-state index contributed by atoms with van der Waals surface area (Å²) in [4.78, 5) is 11.8. The van der Waals surface area contributed by atoms with Crippen LogP contribution < -0.4 is 0 Å². The average Bonchev–Trinajstić information content (AvgIpc) is 3.18. The molecule has 0 amide bonds. The number of aliphatic hydroxyl groups excluding tert-OH is 1. The number of carboxylic acid groups (broad SMARTS) is 1. The number of rotatable bonds is 5. The molecule has 1 aromatic carbocycles. The van der Waals surface area contributed by atoms with Crippen molar-refractivity contribution >= 4 is 17.6 Å². The van der Waals surface area contributed by atoms with Gasteiger partial charge in [0.05, 0.1) is 29.4 Å². The number of benzene rings is 1. The van der Waals surface area contributed by atoms with Crippen molar-refractivity contribution < 1.29 is 32.7 Å². The third kappa shape index (κ3) is 3.60. The Labute approximate surface area is 160 Å². The Kier molecular flexibility index (Phi) is 5.18. The van der Waals surface area contributed by atoms with Crippen LogP contribution >= 0.6 is 11.6 Å². The van der Waals surface area contributed by atoms with Crippen LogP contribution in [0.4, 0.5) is 13.2 Å². The van der Waals surface area contributed by atoms with Gasteiger partial charge in [0.1, 0.15) is 11.3 Å². The van der Waals surface area contributed by atoms with Gasteiger partial charge in [-0.25, -0.2) is 4.79 Å². The second-order valence-corrected chi connectivity index (χ2v) is 6.36. The van der Waals surface area contributed by atoms with Crippen LogP contribution in [0.3, 0.4) is 0 Å². The van der Waals surface area contributed by atoms with Crippen molar-refractivity contribution in [1.29, 1.82) is 0 Å². The van der Waals surface area contributed by atoms with Gasteiger partial charge in [-0.2, -0.15) is 18.3 Å². The molecule has 3 aromatic rings. The van der Waals surface area contributed by atoms with E-state index in [0.29, 0.717) is 4.68 Å². The molecular weight excluding hydrogens is 403 g/mol. The van der Waals surface area contributed by atoms with E-state index in [1.54, 1.807) is 12.1 Å². The Morgan fingerprint density at radius 1 is 1.32 bits per heavy atom. The molecule has 0 spiro atoms. The van der Waals surface area contributed by atoms with Gasteiger partial charge < -0.3 is 14.7 Å². The van der Waals surface area contributed by atoms with E-state index in [1.165, 1.54) is 19.1 Å². The highest BCUT2D eigenvalue weighted by Gasteiger charge is 2.41. The topological polar surface area (TPSA) is 101 Å². The van der Waals surface area contributed by atoms with Gasteiger partial charge in [0.2, 0.25) is 0 Å². The Balaban J connectivity index is 2.25. The highest BCUT2D eigenvalue weighted by molar-refractivity contribution is 6.33. The zero-order chi connectivity index (χ0) is 20.6. The minimum atomic E-state index is -4.88. The summed E-state index contributed by atoms with van der Waals surface area (Å²) >= 11 is 6.06. The van der Waals surface area contributed by atoms with Crippen molar-refractivity contribution in [1.82, 2.24) is 14.9 Å². The molecule has 0 aliphatic rings. The number of nitrogens with zero attached hydrogens (tertiary/aromatic N) is 3. The Hall–Kier alpha value is -2.85. The zero-order valence-corrected chi connectivity index (χ0v) is 15.0. The van der Waals surface area contributed by atoms with Gasteiger partial charge in [-0.3, -0.25) is 4.68 Å². The molecule has 28 heavy (non-hydrogen) atoms. The average molecular weight is 416 g/mol.